The number of rotatable bonds is 8. The molecule has 0 aliphatic carbocycles. The summed E-state index contributed by atoms with van der Waals surface area (Å²) in [6.45, 7) is 10.2. The minimum atomic E-state index is -0.378. The third kappa shape index (κ3) is 5.36. The monoisotopic (exact) mass is 462 g/mol. The normalized spacial score (nSPS) is 11.6. The molecule has 1 heterocycles. The lowest BCUT2D eigenvalue weighted by molar-refractivity contribution is 0.398. The number of benzene rings is 2. The number of fused-ring (bicyclic) bond motifs is 2. The molecular formula is C29H34O5. The van der Waals surface area contributed by atoms with E-state index in [2.05, 4.69) is 32.9 Å². The molecule has 0 bridgehead atoms. The molecule has 34 heavy (non-hydrogen) atoms. The number of ether oxygens (including phenoxy) is 1. The van der Waals surface area contributed by atoms with Gasteiger partial charge >= 0.3 is 0 Å². The van der Waals surface area contributed by atoms with Crippen molar-refractivity contribution in [3.8, 4) is 17.2 Å². The van der Waals surface area contributed by atoms with Gasteiger partial charge in [-0.2, -0.15) is 0 Å². The second kappa shape index (κ2) is 10.6. The van der Waals surface area contributed by atoms with Crippen molar-refractivity contribution >= 4 is 21.9 Å². The summed E-state index contributed by atoms with van der Waals surface area (Å²) in [5.74, 6) is 0.348. The van der Waals surface area contributed by atoms with Gasteiger partial charge < -0.3 is 19.4 Å². The van der Waals surface area contributed by atoms with Crippen LogP contribution in [0.25, 0.3) is 21.9 Å². The largest absolute Gasteiger partial charge is 0.508 e. The van der Waals surface area contributed by atoms with Gasteiger partial charge in [0, 0.05) is 11.1 Å². The summed E-state index contributed by atoms with van der Waals surface area (Å²) in [6, 6.07) is 4.41. The van der Waals surface area contributed by atoms with E-state index in [0.29, 0.717) is 35.3 Å². The average Bonchev–Trinajstić information content (AvgIpc) is 2.77. The van der Waals surface area contributed by atoms with Gasteiger partial charge in [0.1, 0.15) is 33.8 Å². The highest BCUT2D eigenvalue weighted by molar-refractivity contribution is 5.97. The molecule has 2 aromatic carbocycles. The molecule has 5 nitrogen and oxygen atoms in total. The Kier molecular flexibility index (Phi) is 7.87. The van der Waals surface area contributed by atoms with Crippen LogP contribution >= 0.6 is 0 Å². The maximum atomic E-state index is 13.4. The van der Waals surface area contributed by atoms with Crippen LogP contribution in [0.5, 0.6) is 17.2 Å². The smallest absolute Gasteiger partial charge is 0.204 e. The van der Waals surface area contributed by atoms with E-state index >= 15 is 0 Å². The fraction of sp³-hybridized carbons (Fsp3) is 0.345. The Bertz CT molecular complexity index is 1360. The molecule has 0 saturated heterocycles. The van der Waals surface area contributed by atoms with Crippen LogP contribution in [-0.2, 0) is 12.8 Å². The third-order valence-electron chi connectivity index (χ3n) is 5.88. The Morgan fingerprint density at radius 2 is 1.65 bits per heavy atom. The molecule has 0 amide bonds. The number of methoxy groups -OCH3 is 1. The number of aromatic hydroxyl groups is 2. The Morgan fingerprint density at radius 3 is 2.29 bits per heavy atom. The van der Waals surface area contributed by atoms with Gasteiger partial charge in [-0.1, -0.05) is 34.9 Å². The second-order valence-electron chi connectivity index (χ2n) is 9.22. The highest BCUT2D eigenvalue weighted by atomic mass is 16.5. The first-order valence-electron chi connectivity index (χ1n) is 11.6. The minimum absolute atomic E-state index is 0.0351. The molecule has 0 saturated carbocycles. The quantitative estimate of drug-likeness (QED) is 0.275. The van der Waals surface area contributed by atoms with Crippen LogP contribution in [-0.4, -0.2) is 17.3 Å². The van der Waals surface area contributed by atoms with Crippen molar-refractivity contribution in [1.82, 2.24) is 0 Å². The van der Waals surface area contributed by atoms with Gasteiger partial charge in [-0.25, -0.2) is 0 Å². The van der Waals surface area contributed by atoms with Crippen LogP contribution in [0, 0.1) is 0 Å². The van der Waals surface area contributed by atoms with Crippen LogP contribution < -0.4 is 10.2 Å². The Balaban J connectivity index is 2.29. The van der Waals surface area contributed by atoms with E-state index < -0.39 is 0 Å². The molecule has 3 rings (SSSR count). The fourth-order valence-corrected chi connectivity index (χ4v) is 4.05. The van der Waals surface area contributed by atoms with Crippen molar-refractivity contribution < 1.29 is 19.4 Å². The molecule has 180 valence electrons. The van der Waals surface area contributed by atoms with E-state index in [1.165, 1.54) is 23.3 Å². The maximum Gasteiger partial charge on any atom is 0.204 e. The molecule has 0 spiro atoms. The van der Waals surface area contributed by atoms with Crippen LogP contribution in [0.4, 0.5) is 0 Å². The van der Waals surface area contributed by atoms with E-state index in [-0.39, 0.29) is 27.7 Å². The van der Waals surface area contributed by atoms with Crippen molar-refractivity contribution in [3.63, 3.8) is 0 Å². The zero-order valence-corrected chi connectivity index (χ0v) is 20.9. The Labute approximate surface area is 200 Å². The van der Waals surface area contributed by atoms with E-state index in [1.807, 2.05) is 19.9 Å². The number of phenolic OH excluding ortho intramolecular Hbond substituents is 2. The number of phenols is 2. The van der Waals surface area contributed by atoms with Crippen molar-refractivity contribution in [2.45, 2.75) is 60.3 Å². The minimum Gasteiger partial charge on any atom is -0.508 e. The summed E-state index contributed by atoms with van der Waals surface area (Å²) in [6.07, 6.45) is 9.14. The van der Waals surface area contributed by atoms with Crippen molar-refractivity contribution in [2.75, 3.05) is 7.11 Å². The van der Waals surface area contributed by atoms with Gasteiger partial charge in [0.05, 0.1) is 12.5 Å². The Hall–Kier alpha value is -3.47. The molecule has 0 radical (unpaired) electrons. The molecule has 5 heteroatoms. The Morgan fingerprint density at radius 1 is 0.971 bits per heavy atom. The summed E-state index contributed by atoms with van der Waals surface area (Å²) in [4.78, 5) is 13.4. The van der Waals surface area contributed by atoms with Crippen molar-refractivity contribution in [3.05, 3.63) is 74.5 Å². The van der Waals surface area contributed by atoms with Gasteiger partial charge in [0.2, 0.25) is 5.43 Å². The van der Waals surface area contributed by atoms with Crippen molar-refractivity contribution in [1.29, 1.82) is 0 Å². The van der Waals surface area contributed by atoms with Crippen LogP contribution in [0.15, 0.2) is 62.4 Å². The maximum absolute atomic E-state index is 13.4. The summed E-state index contributed by atoms with van der Waals surface area (Å²) < 4.78 is 11.9. The molecule has 0 fully saturated rings. The lowest BCUT2D eigenvalue weighted by Crippen LogP contribution is -2.08. The predicted octanol–water partition coefficient (Wildman–Crippen LogP) is 7.11. The number of hydrogen-bond acceptors (Lipinski definition) is 5. The zero-order chi connectivity index (χ0) is 25.0. The second-order valence-corrected chi connectivity index (χ2v) is 9.22. The van der Waals surface area contributed by atoms with Gasteiger partial charge in [0.25, 0.3) is 0 Å². The van der Waals surface area contributed by atoms with E-state index in [9.17, 15) is 15.0 Å². The van der Waals surface area contributed by atoms with Gasteiger partial charge in [-0.15, -0.1) is 0 Å². The van der Waals surface area contributed by atoms with Gasteiger partial charge in [-0.3, -0.25) is 4.79 Å². The molecule has 1 aromatic heterocycles. The first-order valence-corrected chi connectivity index (χ1v) is 11.6. The number of allylic oxidation sites excluding steroid dienone is 6. The van der Waals surface area contributed by atoms with E-state index in [4.69, 9.17) is 9.15 Å². The first-order chi connectivity index (χ1) is 16.1. The van der Waals surface area contributed by atoms with Gasteiger partial charge in [-0.05, 0) is 78.5 Å². The molecule has 2 N–H and O–H groups in total. The van der Waals surface area contributed by atoms with Gasteiger partial charge in [0.15, 0.2) is 0 Å². The highest BCUT2D eigenvalue weighted by Crippen LogP contribution is 2.41. The van der Waals surface area contributed by atoms with Crippen LogP contribution in [0.1, 0.15) is 58.6 Å². The summed E-state index contributed by atoms with van der Waals surface area (Å²) in [5.41, 5.74) is 5.16. The molecule has 0 aliphatic rings. The highest BCUT2D eigenvalue weighted by Gasteiger charge is 2.24. The molecule has 0 aliphatic heterocycles. The first kappa shape index (κ1) is 25.2. The zero-order valence-electron chi connectivity index (χ0n) is 20.9. The van der Waals surface area contributed by atoms with Crippen LogP contribution in [0.2, 0.25) is 0 Å². The van der Waals surface area contributed by atoms with Crippen molar-refractivity contribution in [2.24, 2.45) is 0 Å². The average molecular weight is 463 g/mol. The summed E-state index contributed by atoms with van der Waals surface area (Å²) >= 11 is 0. The summed E-state index contributed by atoms with van der Waals surface area (Å²) in [5, 5.41) is 21.4. The molecule has 0 unspecified atom stereocenters. The molecule has 3 aromatic rings. The third-order valence-corrected chi connectivity index (χ3v) is 5.88. The standard InChI is InChI=1S/C29H34O5/c1-17(2)8-7-9-19(5)11-14-22-28(33-6)21(13-10-18(3)4)26(31)25-27(32)23-16-20(30)12-15-24(23)34-29(22)25/h8,10-12,15-16,30-31H,7,9,13-14H2,1-6H3. The molecule has 0 atom stereocenters. The summed E-state index contributed by atoms with van der Waals surface area (Å²) in [7, 11) is 1.57. The van der Waals surface area contributed by atoms with E-state index in [1.54, 1.807) is 13.2 Å². The SMILES string of the molecule is COc1c(CC=C(C)C)c(O)c2c(=O)c3cc(O)ccc3oc2c1CC=C(C)CCC=C(C)C. The predicted molar refractivity (Wildman–Crippen MR) is 139 cm³/mol. The lowest BCUT2D eigenvalue weighted by Gasteiger charge is -2.17. The topological polar surface area (TPSA) is 79.9 Å². The fourth-order valence-electron chi connectivity index (χ4n) is 4.05. The lowest BCUT2D eigenvalue weighted by atomic mass is 9.95. The van der Waals surface area contributed by atoms with E-state index in [0.717, 1.165) is 24.0 Å². The molecular weight excluding hydrogens is 428 g/mol. The number of hydrogen-bond donors (Lipinski definition) is 2. The van der Waals surface area contributed by atoms with Crippen LogP contribution in [0.3, 0.4) is 0 Å².